The summed E-state index contributed by atoms with van der Waals surface area (Å²) in [6.45, 7) is 9.44. The lowest BCUT2D eigenvalue weighted by Crippen LogP contribution is -2.38. The molecule has 160 valence electrons. The van der Waals surface area contributed by atoms with Crippen LogP contribution in [-0.4, -0.2) is 55.3 Å². The van der Waals surface area contributed by atoms with Gasteiger partial charge in [-0.1, -0.05) is 19.9 Å². The van der Waals surface area contributed by atoms with Crippen LogP contribution in [0.5, 0.6) is 0 Å². The number of hydrogen-bond acceptors (Lipinski definition) is 6. The van der Waals surface area contributed by atoms with Crippen LogP contribution in [0, 0.1) is 11.5 Å². The number of amides is 1. The molecular weight excluding hydrogens is 385 g/mol. The average molecular weight is 413 g/mol. The van der Waals surface area contributed by atoms with Crippen LogP contribution in [-0.2, 0) is 4.74 Å². The molecule has 2 saturated heterocycles. The van der Waals surface area contributed by atoms with Gasteiger partial charge in [0.05, 0.1) is 13.2 Å². The Morgan fingerprint density at radius 1 is 1.10 bits per heavy atom. The van der Waals surface area contributed by atoms with E-state index in [0.717, 1.165) is 56.0 Å². The Bertz CT molecular complexity index is 933. The summed E-state index contributed by atoms with van der Waals surface area (Å²) >= 11 is 0. The van der Waals surface area contributed by atoms with E-state index >= 15 is 0 Å². The third kappa shape index (κ3) is 4.23. The minimum absolute atomic E-state index is 0.0970. The summed E-state index contributed by atoms with van der Waals surface area (Å²) in [6, 6.07) is 6.13. The second-order valence-electron chi connectivity index (χ2n) is 8.72. The van der Waals surface area contributed by atoms with Crippen molar-refractivity contribution in [2.75, 3.05) is 49.2 Å². The molecule has 0 bridgehead atoms. The molecule has 7 nitrogen and oxygen atoms in total. The van der Waals surface area contributed by atoms with Crippen LogP contribution in [0.2, 0.25) is 0 Å². The summed E-state index contributed by atoms with van der Waals surface area (Å²) in [6.07, 6.45) is 2.52. The van der Waals surface area contributed by atoms with E-state index in [0.29, 0.717) is 24.2 Å². The summed E-state index contributed by atoms with van der Waals surface area (Å²) in [5.74, 6) is -0.769. The van der Waals surface area contributed by atoms with E-state index in [2.05, 4.69) is 39.7 Å². The van der Waals surface area contributed by atoms with Gasteiger partial charge in [0.25, 0.3) is 5.91 Å². The van der Waals surface area contributed by atoms with E-state index in [1.54, 1.807) is 0 Å². The average Bonchev–Trinajstić information content (AvgIpc) is 2.74. The molecule has 1 aromatic carbocycles. The third-order valence-electron chi connectivity index (χ3n) is 6.10. The number of halogens is 1. The van der Waals surface area contributed by atoms with Gasteiger partial charge in [0.2, 0.25) is 0 Å². The van der Waals surface area contributed by atoms with Crippen LogP contribution in [0.15, 0.2) is 24.4 Å². The smallest absolute Gasteiger partial charge is 0.309 e. The number of hydrogen-bond donors (Lipinski definition) is 1. The topological polar surface area (TPSA) is 84.6 Å². The molecule has 8 heteroatoms. The highest BCUT2D eigenvalue weighted by Crippen LogP contribution is 2.39. The Labute approximate surface area is 176 Å². The Kier molecular flexibility index (Phi) is 5.60. The molecule has 0 saturated carbocycles. The van der Waals surface area contributed by atoms with E-state index in [-0.39, 0.29) is 5.69 Å². The van der Waals surface area contributed by atoms with E-state index in [4.69, 9.17) is 10.5 Å². The quantitative estimate of drug-likeness (QED) is 0.776. The Balaban J connectivity index is 1.79. The lowest BCUT2D eigenvalue weighted by Gasteiger charge is -2.39. The number of nitrogens with zero attached hydrogens (tertiary/aromatic N) is 4. The van der Waals surface area contributed by atoms with Crippen LogP contribution in [0.1, 0.15) is 37.2 Å². The lowest BCUT2D eigenvalue weighted by molar-refractivity contribution is 0.0994. The Hall–Kier alpha value is -2.74. The van der Waals surface area contributed by atoms with Crippen molar-refractivity contribution in [1.82, 2.24) is 9.97 Å². The number of carbonyl (C=O) groups is 1. The van der Waals surface area contributed by atoms with Crippen LogP contribution >= 0.6 is 0 Å². The van der Waals surface area contributed by atoms with Crippen LogP contribution in [0.25, 0.3) is 11.1 Å². The Morgan fingerprint density at radius 2 is 1.80 bits per heavy atom. The van der Waals surface area contributed by atoms with E-state index in [1.165, 1.54) is 6.20 Å². The second-order valence-corrected chi connectivity index (χ2v) is 8.72. The van der Waals surface area contributed by atoms with E-state index in [1.807, 2.05) is 12.1 Å². The highest BCUT2D eigenvalue weighted by molar-refractivity contribution is 5.99. The van der Waals surface area contributed by atoms with Crippen molar-refractivity contribution in [2.45, 2.75) is 26.7 Å². The van der Waals surface area contributed by atoms with Gasteiger partial charge in [-0.3, -0.25) is 4.79 Å². The van der Waals surface area contributed by atoms with Gasteiger partial charge >= 0.3 is 6.08 Å². The molecular formula is C22H28FN5O2. The number of rotatable bonds is 4. The summed E-state index contributed by atoms with van der Waals surface area (Å²) in [4.78, 5) is 24.0. The zero-order valence-corrected chi connectivity index (χ0v) is 17.5. The van der Waals surface area contributed by atoms with Gasteiger partial charge in [0, 0.05) is 54.9 Å². The Morgan fingerprint density at radius 3 is 2.47 bits per heavy atom. The van der Waals surface area contributed by atoms with Crippen molar-refractivity contribution in [3.8, 4) is 11.1 Å². The van der Waals surface area contributed by atoms with Crippen molar-refractivity contribution in [3.63, 3.8) is 0 Å². The highest BCUT2D eigenvalue weighted by Gasteiger charge is 2.28. The number of nitrogens with two attached hydrogens (primary N) is 1. The van der Waals surface area contributed by atoms with Gasteiger partial charge in [-0.05, 0) is 30.4 Å². The molecule has 2 aromatic rings. The zero-order chi connectivity index (χ0) is 21.3. The largest absolute Gasteiger partial charge is 0.378 e. The first-order chi connectivity index (χ1) is 14.3. The highest BCUT2D eigenvalue weighted by atomic mass is 19.1. The molecule has 1 aromatic heterocycles. The first-order valence-corrected chi connectivity index (χ1v) is 10.4. The normalized spacial score (nSPS) is 19.0. The summed E-state index contributed by atoms with van der Waals surface area (Å²) < 4.78 is 19.1. The molecule has 30 heavy (non-hydrogen) atoms. The van der Waals surface area contributed by atoms with E-state index in [9.17, 15) is 9.18 Å². The molecule has 0 spiro atoms. The van der Waals surface area contributed by atoms with Crippen molar-refractivity contribution in [3.05, 3.63) is 36.2 Å². The number of morpholine rings is 1. The zero-order valence-electron chi connectivity index (χ0n) is 17.5. The molecule has 2 fully saturated rings. The maximum absolute atomic E-state index is 13.6. The number of primary amides is 1. The fourth-order valence-electron chi connectivity index (χ4n) is 4.13. The van der Waals surface area contributed by atoms with Crippen molar-refractivity contribution in [1.29, 1.82) is 0 Å². The van der Waals surface area contributed by atoms with E-state index < -0.39 is 12.0 Å². The number of benzene rings is 1. The third-order valence-corrected chi connectivity index (χ3v) is 6.10. The fraction of sp³-hybridized carbons (Fsp3) is 0.500. The molecule has 0 aliphatic carbocycles. The predicted molar refractivity (Wildman–Crippen MR) is 114 cm³/mol. The predicted octanol–water partition coefficient (Wildman–Crippen LogP) is 2.84. The van der Waals surface area contributed by atoms with Crippen LogP contribution < -0.4 is 15.5 Å². The summed E-state index contributed by atoms with van der Waals surface area (Å²) in [5, 5.41) is 0. The fourth-order valence-corrected chi connectivity index (χ4v) is 4.13. The minimum atomic E-state index is -0.959. The van der Waals surface area contributed by atoms with Gasteiger partial charge in [0.15, 0.2) is 0 Å². The molecule has 2 N–H and O–H groups in total. The molecule has 1 amide bonds. The lowest BCUT2D eigenvalue weighted by atomic mass is 9.82. The van der Waals surface area contributed by atoms with Gasteiger partial charge < -0.3 is 20.3 Å². The van der Waals surface area contributed by atoms with Crippen molar-refractivity contribution < 1.29 is 13.9 Å². The monoisotopic (exact) mass is 413 g/mol. The van der Waals surface area contributed by atoms with Crippen molar-refractivity contribution >= 4 is 17.3 Å². The van der Waals surface area contributed by atoms with Gasteiger partial charge in [0.1, 0.15) is 5.69 Å². The second kappa shape index (κ2) is 8.18. The first-order valence-electron chi connectivity index (χ1n) is 10.4. The number of ether oxygens (including phenoxy) is 1. The summed E-state index contributed by atoms with van der Waals surface area (Å²) in [5.41, 5.74) is 9.05. The molecule has 3 heterocycles. The maximum atomic E-state index is 13.6. The molecule has 0 unspecified atom stereocenters. The minimum Gasteiger partial charge on any atom is -0.378 e. The molecule has 2 aliphatic heterocycles. The summed E-state index contributed by atoms with van der Waals surface area (Å²) in [7, 11) is 0. The van der Waals surface area contributed by atoms with Gasteiger partial charge in [-0.25, -0.2) is 4.98 Å². The number of piperidine rings is 1. The SMILES string of the molecule is CC1(C)CCN(c2cc(N3CCOCC3)ccc2-c2cnc(F)nc2C(N)=O)CC1. The van der Waals surface area contributed by atoms with Gasteiger partial charge in [-0.2, -0.15) is 9.37 Å². The molecule has 2 aliphatic rings. The number of carbonyl (C=O) groups excluding carboxylic acids is 1. The van der Waals surface area contributed by atoms with Crippen LogP contribution in [0.3, 0.4) is 0 Å². The standard InChI is InChI=1S/C22H28FN5O2/c1-22(2)5-7-28(8-6-22)18-13-15(27-9-11-30-12-10-27)3-4-16(18)17-14-25-21(23)26-19(17)20(24)29/h3-4,13-14H,5-12H2,1-2H3,(H2,24,29). The van der Waals surface area contributed by atoms with Crippen molar-refractivity contribution in [2.24, 2.45) is 11.1 Å². The molecule has 0 radical (unpaired) electrons. The van der Waals surface area contributed by atoms with Gasteiger partial charge in [-0.15, -0.1) is 0 Å². The molecule has 4 rings (SSSR count). The first kappa shape index (κ1) is 20.5. The van der Waals surface area contributed by atoms with Crippen LogP contribution in [0.4, 0.5) is 15.8 Å². The molecule has 0 atom stereocenters. The number of aromatic nitrogens is 2. The number of anilines is 2. The maximum Gasteiger partial charge on any atom is 0.309 e.